The molecule has 0 atom stereocenters. The summed E-state index contributed by atoms with van der Waals surface area (Å²) in [7, 11) is 0. The van der Waals surface area contributed by atoms with E-state index in [1.54, 1.807) is 6.92 Å². The normalized spacial score (nSPS) is 9.80. The Kier molecular flexibility index (Phi) is 2.96. The standard InChI is InChI=1S/C8H10N4O3/c1-5-3-7(11(13)4-9)10-6(2)8(5)12(14)15/h3-4,9,13H,1-2H3. The molecule has 0 radical (unpaired) electrons. The maximum Gasteiger partial charge on any atom is 0.293 e. The lowest BCUT2D eigenvalue weighted by atomic mass is 10.2. The third-order valence-electron chi connectivity index (χ3n) is 1.88. The number of hydrogen-bond donors (Lipinski definition) is 2. The molecule has 1 aromatic heterocycles. The molecule has 0 fully saturated rings. The van der Waals surface area contributed by atoms with Crippen molar-refractivity contribution in [2.24, 2.45) is 0 Å². The van der Waals surface area contributed by atoms with Crippen LogP contribution in [0.2, 0.25) is 0 Å². The Hall–Kier alpha value is -2.02. The molecule has 0 aliphatic carbocycles. The van der Waals surface area contributed by atoms with E-state index < -0.39 is 4.92 Å². The Morgan fingerprint density at radius 1 is 1.67 bits per heavy atom. The second-order valence-corrected chi connectivity index (χ2v) is 2.96. The minimum absolute atomic E-state index is 0.0721. The van der Waals surface area contributed by atoms with Crippen LogP contribution in [0.5, 0.6) is 0 Å². The largest absolute Gasteiger partial charge is 0.293 e. The number of hydroxylamine groups is 1. The van der Waals surface area contributed by atoms with E-state index in [-0.39, 0.29) is 17.2 Å². The number of anilines is 1. The van der Waals surface area contributed by atoms with Crippen molar-refractivity contribution in [2.45, 2.75) is 13.8 Å². The van der Waals surface area contributed by atoms with Crippen molar-refractivity contribution in [3.8, 4) is 0 Å². The zero-order chi connectivity index (χ0) is 11.6. The van der Waals surface area contributed by atoms with Crippen LogP contribution in [0.3, 0.4) is 0 Å². The van der Waals surface area contributed by atoms with Gasteiger partial charge in [0.25, 0.3) is 5.69 Å². The van der Waals surface area contributed by atoms with Crippen molar-refractivity contribution in [3.63, 3.8) is 0 Å². The molecule has 0 saturated heterocycles. The summed E-state index contributed by atoms with van der Waals surface area (Å²) in [6.45, 7) is 3.03. The van der Waals surface area contributed by atoms with E-state index in [0.717, 1.165) is 0 Å². The minimum Gasteiger partial charge on any atom is -0.289 e. The zero-order valence-corrected chi connectivity index (χ0v) is 8.26. The van der Waals surface area contributed by atoms with Crippen LogP contribution in [0.4, 0.5) is 11.5 Å². The van der Waals surface area contributed by atoms with E-state index in [2.05, 4.69) is 4.98 Å². The van der Waals surface area contributed by atoms with Gasteiger partial charge in [0.1, 0.15) is 12.0 Å². The average Bonchev–Trinajstić information content (AvgIpc) is 2.14. The van der Waals surface area contributed by atoms with Crippen molar-refractivity contribution < 1.29 is 10.1 Å². The summed E-state index contributed by atoms with van der Waals surface area (Å²) in [5.41, 5.74) is 0.524. The van der Waals surface area contributed by atoms with Gasteiger partial charge in [0.15, 0.2) is 5.82 Å². The first-order chi connectivity index (χ1) is 6.97. The van der Waals surface area contributed by atoms with Crippen molar-refractivity contribution in [3.05, 3.63) is 27.4 Å². The van der Waals surface area contributed by atoms with Gasteiger partial charge in [-0.25, -0.2) is 4.98 Å². The SMILES string of the molecule is Cc1cc(N(O)C=N)nc(C)c1[N+](=O)[O-]. The van der Waals surface area contributed by atoms with Crippen LogP contribution in [-0.2, 0) is 0 Å². The Labute approximate surface area is 85.6 Å². The fourth-order valence-corrected chi connectivity index (χ4v) is 1.26. The van der Waals surface area contributed by atoms with Crippen LogP contribution in [0, 0.1) is 29.4 Å². The van der Waals surface area contributed by atoms with Crippen LogP contribution in [0.1, 0.15) is 11.3 Å². The number of pyridine rings is 1. The third-order valence-corrected chi connectivity index (χ3v) is 1.88. The lowest BCUT2D eigenvalue weighted by Gasteiger charge is -2.10. The molecule has 7 nitrogen and oxygen atoms in total. The fraction of sp³-hybridized carbons (Fsp3) is 0.250. The molecule has 0 aliphatic heterocycles. The summed E-state index contributed by atoms with van der Waals surface area (Å²) in [5, 5.41) is 27.1. The Bertz CT molecular complexity index is 395. The maximum atomic E-state index is 10.6. The van der Waals surface area contributed by atoms with Crippen LogP contribution >= 0.6 is 0 Å². The maximum absolute atomic E-state index is 10.6. The van der Waals surface area contributed by atoms with Gasteiger partial charge in [0.2, 0.25) is 0 Å². The predicted molar refractivity (Wildman–Crippen MR) is 53.4 cm³/mol. The van der Waals surface area contributed by atoms with E-state index in [1.165, 1.54) is 13.0 Å². The first-order valence-corrected chi connectivity index (χ1v) is 4.08. The number of hydrogen-bond acceptors (Lipinski definition) is 5. The van der Waals surface area contributed by atoms with Gasteiger partial charge in [0.05, 0.1) is 4.92 Å². The highest BCUT2D eigenvalue weighted by molar-refractivity contribution is 5.72. The number of nitrogens with one attached hydrogen (secondary N) is 1. The molecule has 0 aliphatic rings. The lowest BCUT2D eigenvalue weighted by molar-refractivity contribution is -0.386. The van der Waals surface area contributed by atoms with E-state index in [4.69, 9.17) is 10.6 Å². The summed E-state index contributed by atoms with van der Waals surface area (Å²) in [6.07, 6.45) is 0.660. The lowest BCUT2D eigenvalue weighted by Crippen LogP contribution is -2.16. The van der Waals surface area contributed by atoms with Crippen LogP contribution < -0.4 is 5.06 Å². The van der Waals surface area contributed by atoms with Gasteiger partial charge in [-0.05, 0) is 19.9 Å². The zero-order valence-electron chi connectivity index (χ0n) is 8.26. The third kappa shape index (κ3) is 2.08. The topological polar surface area (TPSA) is 103 Å². The van der Waals surface area contributed by atoms with Crippen molar-refractivity contribution in [1.82, 2.24) is 4.98 Å². The molecule has 15 heavy (non-hydrogen) atoms. The summed E-state index contributed by atoms with van der Waals surface area (Å²) in [4.78, 5) is 13.9. The van der Waals surface area contributed by atoms with Gasteiger partial charge in [0, 0.05) is 5.56 Å². The number of aryl methyl sites for hydroxylation is 2. The molecule has 1 rings (SSSR count). The molecule has 2 N–H and O–H groups in total. The minimum atomic E-state index is -0.520. The monoisotopic (exact) mass is 210 g/mol. The quantitative estimate of drug-likeness (QED) is 0.339. The van der Waals surface area contributed by atoms with Gasteiger partial charge in [-0.2, -0.15) is 5.06 Å². The van der Waals surface area contributed by atoms with Gasteiger partial charge >= 0.3 is 0 Å². The van der Waals surface area contributed by atoms with Crippen LogP contribution in [0.15, 0.2) is 6.07 Å². The van der Waals surface area contributed by atoms with Crippen LogP contribution in [0.25, 0.3) is 0 Å². The molecule has 0 aromatic carbocycles. The summed E-state index contributed by atoms with van der Waals surface area (Å²) in [6, 6.07) is 1.34. The van der Waals surface area contributed by atoms with E-state index in [0.29, 0.717) is 17.0 Å². The van der Waals surface area contributed by atoms with E-state index in [9.17, 15) is 10.1 Å². The van der Waals surface area contributed by atoms with Crippen LogP contribution in [-0.4, -0.2) is 21.5 Å². The molecule has 0 bridgehead atoms. The molecule has 1 heterocycles. The molecular formula is C8H10N4O3. The van der Waals surface area contributed by atoms with Gasteiger partial charge in [-0.1, -0.05) is 0 Å². The molecule has 0 unspecified atom stereocenters. The molecular weight excluding hydrogens is 200 g/mol. The van der Waals surface area contributed by atoms with E-state index in [1.807, 2.05) is 0 Å². The van der Waals surface area contributed by atoms with Crippen molar-refractivity contribution in [2.75, 3.05) is 5.06 Å². The second-order valence-electron chi connectivity index (χ2n) is 2.96. The van der Waals surface area contributed by atoms with Crippen molar-refractivity contribution in [1.29, 1.82) is 5.41 Å². The smallest absolute Gasteiger partial charge is 0.289 e. The molecule has 1 aromatic rings. The summed E-state index contributed by atoms with van der Waals surface area (Å²) < 4.78 is 0. The molecule has 80 valence electrons. The molecule has 7 heteroatoms. The number of nitro groups is 1. The fourth-order valence-electron chi connectivity index (χ4n) is 1.26. The Morgan fingerprint density at radius 2 is 2.27 bits per heavy atom. The summed E-state index contributed by atoms with van der Waals surface area (Å²) >= 11 is 0. The average molecular weight is 210 g/mol. The Balaban J connectivity index is 3.31. The molecule has 0 spiro atoms. The van der Waals surface area contributed by atoms with E-state index >= 15 is 0 Å². The van der Waals surface area contributed by atoms with Gasteiger partial charge in [-0.15, -0.1) is 0 Å². The predicted octanol–water partition coefficient (Wildman–Crippen LogP) is 1.41. The highest BCUT2D eigenvalue weighted by atomic mass is 16.6. The highest BCUT2D eigenvalue weighted by Crippen LogP contribution is 2.24. The number of aromatic nitrogens is 1. The van der Waals surface area contributed by atoms with Gasteiger partial charge in [-0.3, -0.25) is 20.7 Å². The van der Waals surface area contributed by atoms with Crippen molar-refractivity contribution >= 4 is 17.8 Å². The summed E-state index contributed by atoms with van der Waals surface area (Å²) in [5.74, 6) is 0.0885. The molecule has 0 saturated carbocycles. The second kappa shape index (κ2) is 4.01. The Morgan fingerprint density at radius 3 is 2.67 bits per heavy atom. The number of nitrogens with zero attached hydrogens (tertiary/aromatic N) is 3. The molecule has 0 amide bonds. The first-order valence-electron chi connectivity index (χ1n) is 4.08. The first kappa shape index (κ1) is 11.1. The number of rotatable bonds is 3. The van der Waals surface area contributed by atoms with Gasteiger partial charge < -0.3 is 0 Å². The highest BCUT2D eigenvalue weighted by Gasteiger charge is 2.18.